The number of hydrogen-bond donors (Lipinski definition) is 0. The van der Waals surface area contributed by atoms with E-state index < -0.39 is 0 Å². The van der Waals surface area contributed by atoms with Crippen LogP contribution >= 0.6 is 0 Å². The van der Waals surface area contributed by atoms with Gasteiger partial charge >= 0.3 is 0 Å². The molecule has 4 rings (SSSR count). The van der Waals surface area contributed by atoms with E-state index in [1.165, 1.54) is 52.6 Å². The lowest BCUT2D eigenvalue weighted by Gasteiger charge is -2.18. The number of rotatable bonds is 4. The molecular formula is C26H26. The monoisotopic (exact) mass is 338 g/mol. The van der Waals surface area contributed by atoms with Gasteiger partial charge in [0.1, 0.15) is 0 Å². The molecule has 0 radical (unpaired) electrons. The number of hydrogen-bond acceptors (Lipinski definition) is 0. The molecule has 0 fully saturated rings. The van der Waals surface area contributed by atoms with Crippen molar-refractivity contribution in [3.05, 3.63) is 107 Å². The summed E-state index contributed by atoms with van der Waals surface area (Å²) in [5, 5.41) is 0. The molecule has 1 aliphatic rings. The van der Waals surface area contributed by atoms with Crippen LogP contribution in [0.2, 0.25) is 0 Å². The van der Waals surface area contributed by atoms with Gasteiger partial charge in [-0.2, -0.15) is 0 Å². The lowest BCUT2D eigenvalue weighted by atomic mass is 9.87. The predicted molar refractivity (Wildman–Crippen MR) is 112 cm³/mol. The minimum absolute atomic E-state index is 0.711. The standard InChI is InChI=1S/C26H26/c1-20-7-13-24(14-8-20)26-17-11-22(12-18-26)19-21-9-15-25(16-10-21)23-5-3-2-4-6-23/h2-3,7-18,23H,4-6,19H2,1H3. The van der Waals surface area contributed by atoms with Crippen LogP contribution in [0.5, 0.6) is 0 Å². The molecule has 1 aliphatic carbocycles. The Morgan fingerprint density at radius 1 is 0.692 bits per heavy atom. The Balaban J connectivity index is 1.43. The lowest BCUT2D eigenvalue weighted by molar-refractivity contribution is 0.617. The molecule has 0 heteroatoms. The second-order valence-electron chi connectivity index (χ2n) is 7.46. The van der Waals surface area contributed by atoms with E-state index in [9.17, 15) is 0 Å². The highest BCUT2D eigenvalue weighted by molar-refractivity contribution is 5.64. The number of allylic oxidation sites excluding steroid dienone is 2. The fourth-order valence-electron chi connectivity index (χ4n) is 3.80. The van der Waals surface area contributed by atoms with Crippen LogP contribution in [-0.4, -0.2) is 0 Å². The summed E-state index contributed by atoms with van der Waals surface area (Å²) in [6.07, 6.45) is 9.34. The summed E-state index contributed by atoms with van der Waals surface area (Å²) in [5.74, 6) is 0.711. The molecule has 0 amide bonds. The average Bonchev–Trinajstić information content (AvgIpc) is 2.71. The molecule has 0 spiro atoms. The molecule has 3 aromatic carbocycles. The molecule has 0 heterocycles. The van der Waals surface area contributed by atoms with E-state index in [0.717, 1.165) is 6.42 Å². The molecule has 0 aliphatic heterocycles. The molecule has 0 N–H and O–H groups in total. The molecule has 0 bridgehead atoms. The molecule has 3 aromatic rings. The molecule has 26 heavy (non-hydrogen) atoms. The maximum Gasteiger partial charge on any atom is -0.00258 e. The number of benzene rings is 3. The zero-order valence-corrected chi connectivity index (χ0v) is 15.5. The zero-order chi connectivity index (χ0) is 17.8. The lowest BCUT2D eigenvalue weighted by Crippen LogP contribution is -2.01. The Morgan fingerprint density at radius 3 is 1.85 bits per heavy atom. The topological polar surface area (TPSA) is 0 Å². The van der Waals surface area contributed by atoms with Crippen molar-refractivity contribution in [1.82, 2.24) is 0 Å². The van der Waals surface area contributed by atoms with Gasteiger partial charge in [0.2, 0.25) is 0 Å². The van der Waals surface area contributed by atoms with Gasteiger partial charge < -0.3 is 0 Å². The van der Waals surface area contributed by atoms with E-state index in [4.69, 9.17) is 0 Å². The van der Waals surface area contributed by atoms with Gasteiger partial charge in [0.25, 0.3) is 0 Å². The average molecular weight is 338 g/mol. The summed E-state index contributed by atoms with van der Waals surface area (Å²) in [7, 11) is 0. The van der Waals surface area contributed by atoms with Crippen molar-refractivity contribution in [3.8, 4) is 11.1 Å². The molecular weight excluding hydrogens is 312 g/mol. The quantitative estimate of drug-likeness (QED) is 0.446. The maximum absolute atomic E-state index is 2.33. The molecule has 0 saturated carbocycles. The summed E-state index contributed by atoms with van der Waals surface area (Å²) >= 11 is 0. The Morgan fingerprint density at radius 2 is 1.27 bits per heavy atom. The summed E-state index contributed by atoms with van der Waals surface area (Å²) in [5.41, 5.74) is 8.13. The van der Waals surface area contributed by atoms with Crippen LogP contribution in [-0.2, 0) is 6.42 Å². The van der Waals surface area contributed by atoms with Crippen molar-refractivity contribution < 1.29 is 0 Å². The Kier molecular flexibility index (Phi) is 5.02. The van der Waals surface area contributed by atoms with Crippen LogP contribution in [0.25, 0.3) is 11.1 Å². The van der Waals surface area contributed by atoms with E-state index in [-0.39, 0.29) is 0 Å². The van der Waals surface area contributed by atoms with Gasteiger partial charge in [-0.05, 0) is 66.3 Å². The van der Waals surface area contributed by atoms with Gasteiger partial charge in [-0.1, -0.05) is 90.5 Å². The van der Waals surface area contributed by atoms with Crippen LogP contribution in [0.4, 0.5) is 0 Å². The van der Waals surface area contributed by atoms with Crippen molar-refractivity contribution in [1.29, 1.82) is 0 Å². The molecule has 1 atom stereocenters. The fraction of sp³-hybridized carbons (Fsp3) is 0.231. The van der Waals surface area contributed by atoms with Gasteiger partial charge in [-0.15, -0.1) is 0 Å². The summed E-state index contributed by atoms with van der Waals surface area (Å²) < 4.78 is 0. The molecule has 0 saturated heterocycles. The first-order valence-electron chi connectivity index (χ1n) is 9.68. The summed E-state index contributed by atoms with van der Waals surface area (Å²) in [4.78, 5) is 0. The van der Waals surface area contributed by atoms with Crippen molar-refractivity contribution in [2.45, 2.75) is 38.5 Å². The molecule has 1 unspecified atom stereocenters. The van der Waals surface area contributed by atoms with Gasteiger partial charge in [0.15, 0.2) is 0 Å². The summed E-state index contributed by atoms with van der Waals surface area (Å²) in [6.45, 7) is 2.13. The Labute approximate surface area is 157 Å². The van der Waals surface area contributed by atoms with Crippen LogP contribution in [0.3, 0.4) is 0 Å². The van der Waals surface area contributed by atoms with Crippen molar-refractivity contribution in [2.24, 2.45) is 0 Å². The largest absolute Gasteiger partial charge is 0.0885 e. The van der Waals surface area contributed by atoms with Gasteiger partial charge in [0.05, 0.1) is 0 Å². The summed E-state index contributed by atoms with van der Waals surface area (Å²) in [6, 6.07) is 27.0. The van der Waals surface area contributed by atoms with E-state index >= 15 is 0 Å². The van der Waals surface area contributed by atoms with Crippen LogP contribution in [0, 0.1) is 6.92 Å². The normalized spacial score (nSPS) is 16.6. The highest BCUT2D eigenvalue weighted by Gasteiger charge is 2.12. The first kappa shape index (κ1) is 16.8. The second-order valence-corrected chi connectivity index (χ2v) is 7.46. The van der Waals surface area contributed by atoms with Crippen molar-refractivity contribution in [2.75, 3.05) is 0 Å². The second kappa shape index (κ2) is 7.74. The minimum Gasteiger partial charge on any atom is -0.0885 e. The van der Waals surface area contributed by atoms with Crippen molar-refractivity contribution >= 4 is 0 Å². The third kappa shape index (κ3) is 3.96. The van der Waals surface area contributed by atoms with Crippen LogP contribution in [0.1, 0.15) is 47.4 Å². The van der Waals surface area contributed by atoms with E-state index in [0.29, 0.717) is 5.92 Å². The van der Waals surface area contributed by atoms with E-state index in [1.807, 2.05) is 0 Å². The zero-order valence-electron chi connectivity index (χ0n) is 15.5. The first-order chi connectivity index (χ1) is 12.8. The third-order valence-electron chi connectivity index (χ3n) is 5.47. The molecule has 0 nitrogen and oxygen atoms in total. The van der Waals surface area contributed by atoms with E-state index in [1.54, 1.807) is 0 Å². The third-order valence-corrected chi connectivity index (χ3v) is 5.47. The predicted octanol–water partition coefficient (Wildman–Crippen LogP) is 7.08. The maximum atomic E-state index is 2.33. The fourth-order valence-corrected chi connectivity index (χ4v) is 3.80. The van der Waals surface area contributed by atoms with Crippen LogP contribution in [0.15, 0.2) is 84.9 Å². The van der Waals surface area contributed by atoms with Gasteiger partial charge in [0, 0.05) is 0 Å². The Hall–Kier alpha value is -2.60. The van der Waals surface area contributed by atoms with E-state index in [2.05, 4.69) is 91.9 Å². The smallest absolute Gasteiger partial charge is 0.00258 e. The molecule has 130 valence electrons. The van der Waals surface area contributed by atoms with Crippen LogP contribution < -0.4 is 0 Å². The minimum atomic E-state index is 0.711. The SMILES string of the molecule is Cc1ccc(-c2ccc(Cc3ccc(C4CC=CCC4)cc3)cc2)cc1. The highest BCUT2D eigenvalue weighted by atomic mass is 14.2. The highest BCUT2D eigenvalue weighted by Crippen LogP contribution is 2.29. The van der Waals surface area contributed by atoms with Crippen molar-refractivity contribution in [3.63, 3.8) is 0 Å². The van der Waals surface area contributed by atoms with Gasteiger partial charge in [-0.3, -0.25) is 0 Å². The Bertz CT molecular complexity index is 865. The molecule has 0 aromatic heterocycles. The number of aryl methyl sites for hydroxylation is 1. The first-order valence-corrected chi connectivity index (χ1v) is 9.68. The van der Waals surface area contributed by atoms with Gasteiger partial charge in [-0.25, -0.2) is 0 Å².